The van der Waals surface area contributed by atoms with Crippen LogP contribution in [0.3, 0.4) is 0 Å². The van der Waals surface area contributed by atoms with Gasteiger partial charge in [-0.3, -0.25) is 10.0 Å². The van der Waals surface area contributed by atoms with Crippen molar-refractivity contribution in [1.82, 2.24) is 5.48 Å². The van der Waals surface area contributed by atoms with Crippen LogP contribution in [-0.2, 0) is 6.42 Å². The number of carbonyl (C=O) groups excluding carboxylic acids is 1. The third kappa shape index (κ3) is 5.25. The fraction of sp³-hybridized carbons (Fsp3) is 0.294. The Morgan fingerprint density at radius 3 is 2.48 bits per heavy atom. The van der Waals surface area contributed by atoms with E-state index in [4.69, 9.17) is 14.4 Å². The second-order valence-corrected chi connectivity index (χ2v) is 5.46. The van der Waals surface area contributed by atoms with E-state index in [-0.39, 0.29) is 16.6 Å². The van der Waals surface area contributed by atoms with Crippen molar-refractivity contribution in [3.8, 4) is 11.5 Å². The molecule has 0 aliphatic carbocycles. The van der Waals surface area contributed by atoms with Crippen LogP contribution in [0.1, 0.15) is 25.2 Å². The molecule has 1 heterocycles. The number of allylic oxidation sites excluding steroid dienone is 2. The Labute approximate surface area is 144 Å². The van der Waals surface area contributed by atoms with Gasteiger partial charge in [0.15, 0.2) is 5.43 Å². The monoisotopic (exact) mass is 350 g/mol. The van der Waals surface area contributed by atoms with Crippen LogP contribution in [0.4, 0.5) is 4.79 Å². The predicted molar refractivity (Wildman–Crippen MR) is 93.1 cm³/mol. The number of rotatable bonds is 3. The number of benzene rings is 1. The summed E-state index contributed by atoms with van der Waals surface area (Å²) in [5, 5.41) is 17.6. The quantitative estimate of drug-likeness (QED) is 0.381. The Bertz CT molecular complexity index is 850. The summed E-state index contributed by atoms with van der Waals surface area (Å²) in [4.78, 5) is 21.3. The number of phenols is 1. The Balaban J connectivity index is 0.000000550. The van der Waals surface area contributed by atoms with Crippen LogP contribution in [0.2, 0.25) is 0 Å². The van der Waals surface area contributed by atoms with E-state index in [0.717, 1.165) is 11.1 Å². The van der Waals surface area contributed by atoms with Crippen LogP contribution in [0.15, 0.2) is 33.0 Å². The lowest BCUT2D eigenvalue weighted by atomic mass is 10.0. The number of nitrogens with two attached hydrogens (primary N) is 1. The molecule has 0 bridgehead atoms. The lowest BCUT2D eigenvalue weighted by Crippen LogP contribution is -2.25. The Morgan fingerprint density at radius 1 is 1.40 bits per heavy atom. The first-order valence-electron chi connectivity index (χ1n) is 7.37. The zero-order valence-electron chi connectivity index (χ0n) is 14.5. The molecular formula is C17H22N2O6. The van der Waals surface area contributed by atoms with Crippen LogP contribution in [-0.4, -0.2) is 23.5 Å². The van der Waals surface area contributed by atoms with E-state index < -0.39 is 6.03 Å². The predicted octanol–water partition coefficient (Wildman–Crippen LogP) is 2.37. The fourth-order valence-electron chi connectivity index (χ4n) is 2.14. The maximum absolute atomic E-state index is 12.0. The second-order valence-electron chi connectivity index (χ2n) is 5.46. The average molecular weight is 350 g/mol. The molecule has 0 radical (unpaired) electrons. The van der Waals surface area contributed by atoms with E-state index in [2.05, 4.69) is 5.73 Å². The molecule has 0 spiro atoms. The molecule has 8 nitrogen and oxygen atoms in total. The van der Waals surface area contributed by atoms with Gasteiger partial charge in [0.2, 0.25) is 0 Å². The van der Waals surface area contributed by atoms with E-state index in [1.807, 2.05) is 19.9 Å². The number of amides is 2. The first-order chi connectivity index (χ1) is 11.7. The topological polar surface area (TPSA) is 135 Å². The lowest BCUT2D eigenvalue weighted by Gasteiger charge is -2.11. The highest BCUT2D eigenvalue weighted by molar-refractivity contribution is 5.88. The molecule has 0 atom stereocenters. The molecule has 0 unspecified atom stereocenters. The number of hydrogen-bond donors (Lipinski definition) is 4. The molecule has 0 saturated carbocycles. The molecule has 136 valence electrons. The first-order valence-corrected chi connectivity index (χ1v) is 7.37. The van der Waals surface area contributed by atoms with Crippen molar-refractivity contribution >= 4 is 17.0 Å². The van der Waals surface area contributed by atoms with E-state index in [9.17, 15) is 14.7 Å². The number of hydroxylamine groups is 1. The van der Waals surface area contributed by atoms with Crippen LogP contribution in [0.25, 0.3) is 11.0 Å². The molecule has 5 N–H and O–H groups in total. The number of ether oxygens (including phenoxy) is 1. The summed E-state index contributed by atoms with van der Waals surface area (Å²) in [6.07, 6.45) is 2.60. The number of fused-ring (bicyclic) bond motifs is 1. The van der Waals surface area contributed by atoms with Gasteiger partial charge in [0, 0.05) is 17.7 Å². The summed E-state index contributed by atoms with van der Waals surface area (Å²) in [5.74, 6) is 0.904. The Morgan fingerprint density at radius 2 is 2.00 bits per heavy atom. The highest BCUT2D eigenvalue weighted by Crippen LogP contribution is 2.34. The third-order valence-corrected chi connectivity index (χ3v) is 3.21. The molecule has 25 heavy (non-hydrogen) atoms. The lowest BCUT2D eigenvalue weighted by molar-refractivity contribution is 0.169. The largest absolute Gasteiger partial charge is 0.507 e. The van der Waals surface area contributed by atoms with Crippen molar-refractivity contribution in [2.45, 2.75) is 27.2 Å². The van der Waals surface area contributed by atoms with E-state index >= 15 is 0 Å². The van der Waals surface area contributed by atoms with Gasteiger partial charge in [0.1, 0.15) is 28.2 Å². The van der Waals surface area contributed by atoms with Gasteiger partial charge in [-0.15, -0.1) is 0 Å². The van der Waals surface area contributed by atoms with Crippen LogP contribution in [0, 0.1) is 6.92 Å². The number of urea groups is 1. The molecule has 0 saturated heterocycles. The fourth-order valence-corrected chi connectivity index (χ4v) is 2.14. The summed E-state index contributed by atoms with van der Waals surface area (Å²) >= 11 is 0. The van der Waals surface area contributed by atoms with Crippen molar-refractivity contribution in [3.63, 3.8) is 0 Å². The molecule has 8 heteroatoms. The number of methoxy groups -OCH3 is 1. The SMILES string of the molecule is COc1cc(O)c2c(=O)cc(C)oc2c1CC=C(C)C.NC(=O)NO. The van der Waals surface area contributed by atoms with Crippen molar-refractivity contribution in [2.75, 3.05) is 7.11 Å². The van der Waals surface area contributed by atoms with Gasteiger partial charge in [0.25, 0.3) is 0 Å². The minimum absolute atomic E-state index is 0.119. The maximum atomic E-state index is 12.0. The summed E-state index contributed by atoms with van der Waals surface area (Å²) in [7, 11) is 1.53. The van der Waals surface area contributed by atoms with Gasteiger partial charge in [-0.05, 0) is 27.2 Å². The van der Waals surface area contributed by atoms with Gasteiger partial charge < -0.3 is 20.0 Å². The summed E-state index contributed by atoms with van der Waals surface area (Å²) in [6, 6.07) is 1.90. The highest BCUT2D eigenvalue weighted by Gasteiger charge is 2.17. The molecule has 1 aromatic heterocycles. The van der Waals surface area contributed by atoms with Gasteiger partial charge >= 0.3 is 6.03 Å². The molecule has 2 aromatic rings. The molecular weight excluding hydrogens is 328 g/mol. The maximum Gasteiger partial charge on any atom is 0.335 e. The second kappa shape index (κ2) is 8.74. The standard InChI is InChI=1S/C16H18O4.CH4N2O2/c1-9(2)5-6-11-14(19-4)8-13(18)15-12(17)7-10(3)20-16(11)15;2-1(4)3-5/h5,7-8,18H,6H2,1-4H3;5H,(H3,2,3,4). The Hall–Kier alpha value is -3.00. The third-order valence-electron chi connectivity index (χ3n) is 3.21. The highest BCUT2D eigenvalue weighted by atomic mass is 16.5. The normalized spacial score (nSPS) is 9.80. The molecule has 0 aliphatic rings. The van der Waals surface area contributed by atoms with Crippen LogP contribution >= 0.6 is 0 Å². The number of carbonyl (C=O) groups is 1. The number of hydrogen-bond acceptors (Lipinski definition) is 6. The van der Waals surface area contributed by atoms with Crippen molar-refractivity contribution in [1.29, 1.82) is 0 Å². The van der Waals surface area contributed by atoms with E-state index in [1.165, 1.54) is 24.7 Å². The average Bonchev–Trinajstić information content (AvgIpc) is 2.53. The van der Waals surface area contributed by atoms with Crippen molar-refractivity contribution < 1.29 is 24.3 Å². The van der Waals surface area contributed by atoms with Crippen molar-refractivity contribution in [2.24, 2.45) is 5.73 Å². The number of aromatic hydroxyl groups is 1. The van der Waals surface area contributed by atoms with E-state index in [0.29, 0.717) is 23.5 Å². The molecule has 1 aromatic carbocycles. The number of aryl methyl sites for hydroxylation is 1. The van der Waals surface area contributed by atoms with Gasteiger partial charge in [-0.25, -0.2) is 10.3 Å². The Kier molecular flexibility index (Phi) is 7.01. The first kappa shape index (κ1) is 20.0. The molecule has 2 amide bonds. The minimum Gasteiger partial charge on any atom is -0.507 e. The van der Waals surface area contributed by atoms with Crippen LogP contribution < -0.4 is 21.4 Å². The zero-order chi connectivity index (χ0) is 19.1. The summed E-state index contributed by atoms with van der Waals surface area (Å²) in [6.45, 7) is 5.70. The number of phenolic OH excluding ortho intramolecular Hbond substituents is 1. The van der Waals surface area contributed by atoms with Crippen molar-refractivity contribution in [3.05, 3.63) is 45.3 Å². The summed E-state index contributed by atoms with van der Waals surface area (Å²) in [5.41, 5.74) is 7.53. The van der Waals surface area contributed by atoms with Gasteiger partial charge in [-0.1, -0.05) is 11.6 Å². The molecule has 0 fully saturated rings. The van der Waals surface area contributed by atoms with Gasteiger partial charge in [-0.2, -0.15) is 0 Å². The van der Waals surface area contributed by atoms with E-state index in [1.54, 1.807) is 6.92 Å². The smallest absolute Gasteiger partial charge is 0.335 e. The number of primary amides is 1. The number of nitrogens with one attached hydrogen (secondary N) is 1. The van der Waals surface area contributed by atoms with Gasteiger partial charge in [0.05, 0.1) is 7.11 Å². The molecule has 0 aliphatic heterocycles. The molecule has 2 rings (SSSR count). The minimum atomic E-state index is -0.940. The summed E-state index contributed by atoms with van der Waals surface area (Å²) < 4.78 is 11.0. The zero-order valence-corrected chi connectivity index (χ0v) is 14.5. The van der Waals surface area contributed by atoms with Crippen LogP contribution in [0.5, 0.6) is 11.5 Å².